The molecule has 0 aliphatic carbocycles. The van der Waals surface area contributed by atoms with Crippen molar-refractivity contribution in [1.29, 1.82) is 0 Å². The lowest BCUT2D eigenvalue weighted by Crippen LogP contribution is -2.11. The lowest BCUT2D eigenvalue weighted by atomic mass is 10.1. The molecule has 132 valence electrons. The number of anilines is 1. The van der Waals surface area contributed by atoms with Gasteiger partial charge in [-0.2, -0.15) is 13.2 Å². The molecule has 4 nitrogen and oxygen atoms in total. The quantitative estimate of drug-likeness (QED) is 0.574. The average Bonchev–Trinajstić information content (AvgIpc) is 2.96. The molecular weight excluding hydrogens is 341 g/mol. The first-order chi connectivity index (χ1) is 12.3. The molecule has 0 saturated carbocycles. The summed E-state index contributed by atoms with van der Waals surface area (Å²) < 4.78 is 41.5. The molecule has 4 aromatic rings. The van der Waals surface area contributed by atoms with Gasteiger partial charge < -0.3 is 10.3 Å². The van der Waals surface area contributed by atoms with Crippen molar-refractivity contribution in [2.75, 3.05) is 5.73 Å². The Bertz CT molecular complexity index is 1130. The molecule has 0 radical (unpaired) electrons. The number of alkyl halides is 3. The van der Waals surface area contributed by atoms with Crippen LogP contribution in [-0.2, 0) is 12.7 Å². The van der Waals surface area contributed by atoms with Crippen molar-refractivity contribution in [3.8, 4) is 0 Å². The molecule has 0 aliphatic rings. The molecule has 0 spiro atoms. The largest absolute Gasteiger partial charge is 0.416 e. The van der Waals surface area contributed by atoms with Gasteiger partial charge in [-0.1, -0.05) is 18.2 Å². The van der Waals surface area contributed by atoms with E-state index in [-0.39, 0.29) is 12.1 Å². The van der Waals surface area contributed by atoms with Crippen LogP contribution in [0.25, 0.3) is 21.8 Å². The van der Waals surface area contributed by atoms with Crippen molar-refractivity contribution in [3.05, 3.63) is 65.6 Å². The lowest BCUT2D eigenvalue weighted by molar-refractivity contribution is -0.138. The second-order valence-electron chi connectivity index (χ2n) is 6.15. The molecule has 0 bridgehead atoms. The maximum absolute atomic E-state index is 13.2. The van der Waals surface area contributed by atoms with Crippen molar-refractivity contribution in [2.24, 2.45) is 0 Å². The maximum Gasteiger partial charge on any atom is 0.416 e. The van der Waals surface area contributed by atoms with Crippen molar-refractivity contribution in [2.45, 2.75) is 19.6 Å². The number of nitrogens with two attached hydrogens (primary N) is 1. The molecule has 0 saturated heterocycles. The molecule has 0 amide bonds. The van der Waals surface area contributed by atoms with Gasteiger partial charge in [0.25, 0.3) is 0 Å². The number of aryl methyl sites for hydroxylation is 1. The van der Waals surface area contributed by atoms with E-state index in [4.69, 9.17) is 5.73 Å². The van der Waals surface area contributed by atoms with Gasteiger partial charge in [0.1, 0.15) is 11.6 Å². The van der Waals surface area contributed by atoms with Gasteiger partial charge in [-0.15, -0.1) is 0 Å². The van der Waals surface area contributed by atoms with Gasteiger partial charge in [0.15, 0.2) is 0 Å². The topological polar surface area (TPSA) is 56.7 Å². The molecule has 0 aliphatic heterocycles. The first-order valence-corrected chi connectivity index (χ1v) is 8.01. The van der Waals surface area contributed by atoms with Gasteiger partial charge in [-0.3, -0.25) is 0 Å². The van der Waals surface area contributed by atoms with E-state index in [1.807, 2.05) is 18.2 Å². The number of halogens is 3. The third kappa shape index (κ3) is 2.65. The molecule has 2 aromatic carbocycles. The summed E-state index contributed by atoms with van der Waals surface area (Å²) in [6, 6.07) is 11.1. The van der Waals surface area contributed by atoms with E-state index in [2.05, 4.69) is 9.97 Å². The Morgan fingerprint density at radius 3 is 2.58 bits per heavy atom. The second-order valence-corrected chi connectivity index (χ2v) is 6.15. The zero-order valence-corrected chi connectivity index (χ0v) is 13.9. The Balaban J connectivity index is 1.86. The third-order valence-electron chi connectivity index (χ3n) is 4.42. The van der Waals surface area contributed by atoms with Crippen LogP contribution in [0.15, 0.2) is 48.7 Å². The van der Waals surface area contributed by atoms with Crippen LogP contribution in [0.5, 0.6) is 0 Å². The maximum atomic E-state index is 13.2. The van der Waals surface area contributed by atoms with Crippen LogP contribution in [0, 0.1) is 6.92 Å². The van der Waals surface area contributed by atoms with Crippen LogP contribution < -0.4 is 5.73 Å². The predicted molar refractivity (Wildman–Crippen MR) is 94.7 cm³/mol. The van der Waals surface area contributed by atoms with Gasteiger partial charge >= 0.3 is 6.18 Å². The fraction of sp³-hybridized carbons (Fsp3) is 0.158. The highest BCUT2D eigenvalue weighted by atomic mass is 19.4. The van der Waals surface area contributed by atoms with E-state index in [0.29, 0.717) is 11.6 Å². The lowest BCUT2D eigenvalue weighted by Gasteiger charge is -2.14. The molecule has 2 heterocycles. The molecule has 0 atom stereocenters. The van der Waals surface area contributed by atoms with Crippen molar-refractivity contribution in [1.82, 2.24) is 14.5 Å². The fourth-order valence-electron chi connectivity index (χ4n) is 3.31. The van der Waals surface area contributed by atoms with Gasteiger partial charge in [0, 0.05) is 23.6 Å². The Hall–Kier alpha value is -3.09. The van der Waals surface area contributed by atoms with E-state index in [0.717, 1.165) is 27.9 Å². The van der Waals surface area contributed by atoms with E-state index in [1.165, 1.54) is 12.1 Å². The monoisotopic (exact) mass is 356 g/mol. The minimum atomic E-state index is -4.39. The molecule has 2 N–H and O–H groups in total. The standard InChI is InChI=1S/C19H15F3N4/c1-11-24-15-6-7-16-13(17(15)18(23)25-11)8-9-26(16)10-12-4-2-3-5-14(12)19(20,21)22/h2-9H,10H2,1H3,(H2,23,24,25). The molecular formula is C19H15F3N4. The molecule has 0 unspecified atom stereocenters. The Morgan fingerprint density at radius 2 is 1.81 bits per heavy atom. The zero-order chi connectivity index (χ0) is 18.5. The molecule has 0 fully saturated rings. The summed E-state index contributed by atoms with van der Waals surface area (Å²) in [6.45, 7) is 1.87. The highest BCUT2D eigenvalue weighted by molar-refractivity contribution is 6.10. The highest BCUT2D eigenvalue weighted by Gasteiger charge is 2.32. The number of nitrogens with zero attached hydrogens (tertiary/aromatic N) is 3. The Kier molecular flexibility index (Phi) is 3.61. The minimum Gasteiger partial charge on any atom is -0.383 e. The van der Waals surface area contributed by atoms with Crippen LogP contribution in [0.3, 0.4) is 0 Å². The first-order valence-electron chi connectivity index (χ1n) is 8.01. The van der Waals surface area contributed by atoms with E-state index < -0.39 is 11.7 Å². The minimum absolute atomic E-state index is 0.108. The Morgan fingerprint density at radius 1 is 1.04 bits per heavy atom. The summed E-state index contributed by atoms with van der Waals surface area (Å²) in [6.07, 6.45) is -2.63. The number of rotatable bonds is 2. The Labute approximate surface area is 147 Å². The number of hydrogen-bond acceptors (Lipinski definition) is 3. The first kappa shape index (κ1) is 16.4. The summed E-state index contributed by atoms with van der Waals surface area (Å²) >= 11 is 0. The van der Waals surface area contributed by atoms with E-state index in [9.17, 15) is 13.2 Å². The van der Waals surface area contributed by atoms with Crippen LogP contribution in [0.2, 0.25) is 0 Å². The smallest absolute Gasteiger partial charge is 0.383 e. The number of aromatic nitrogens is 3. The third-order valence-corrected chi connectivity index (χ3v) is 4.42. The van der Waals surface area contributed by atoms with Crippen LogP contribution in [0.4, 0.5) is 19.0 Å². The summed E-state index contributed by atoms with van der Waals surface area (Å²) in [5.41, 5.74) is 7.15. The van der Waals surface area contributed by atoms with Crippen molar-refractivity contribution >= 4 is 27.6 Å². The number of hydrogen-bond donors (Lipinski definition) is 1. The molecule has 2 aromatic heterocycles. The summed E-state index contributed by atoms with van der Waals surface area (Å²) in [4.78, 5) is 8.58. The number of benzene rings is 2. The fourth-order valence-corrected chi connectivity index (χ4v) is 3.31. The van der Waals surface area contributed by atoms with Gasteiger partial charge in [-0.05, 0) is 36.8 Å². The normalized spacial score (nSPS) is 12.2. The zero-order valence-electron chi connectivity index (χ0n) is 13.9. The number of nitrogen functional groups attached to an aromatic ring is 1. The summed E-state index contributed by atoms with van der Waals surface area (Å²) in [5, 5.41) is 1.54. The molecule has 4 rings (SSSR count). The van der Waals surface area contributed by atoms with E-state index in [1.54, 1.807) is 23.8 Å². The number of fused-ring (bicyclic) bond motifs is 3. The van der Waals surface area contributed by atoms with Gasteiger partial charge in [0.05, 0.1) is 16.5 Å². The van der Waals surface area contributed by atoms with Crippen LogP contribution in [-0.4, -0.2) is 14.5 Å². The summed E-state index contributed by atoms with van der Waals surface area (Å²) in [5.74, 6) is 0.944. The average molecular weight is 356 g/mol. The molecule has 7 heteroatoms. The SMILES string of the molecule is Cc1nc(N)c2c(ccc3c2ccn3Cc2ccccc2C(F)(F)F)n1. The second kappa shape index (κ2) is 5.72. The van der Waals surface area contributed by atoms with Crippen molar-refractivity contribution < 1.29 is 13.2 Å². The van der Waals surface area contributed by atoms with Gasteiger partial charge in [0.2, 0.25) is 0 Å². The molecule has 26 heavy (non-hydrogen) atoms. The van der Waals surface area contributed by atoms with Crippen molar-refractivity contribution in [3.63, 3.8) is 0 Å². The van der Waals surface area contributed by atoms with Crippen LogP contribution in [0.1, 0.15) is 17.0 Å². The van der Waals surface area contributed by atoms with E-state index >= 15 is 0 Å². The summed E-state index contributed by atoms with van der Waals surface area (Å²) in [7, 11) is 0. The highest BCUT2D eigenvalue weighted by Crippen LogP contribution is 2.33. The van der Waals surface area contributed by atoms with Crippen LogP contribution >= 0.6 is 0 Å². The van der Waals surface area contributed by atoms with Gasteiger partial charge in [-0.25, -0.2) is 9.97 Å². The predicted octanol–water partition coefficient (Wildman–Crippen LogP) is 4.54.